The van der Waals surface area contributed by atoms with Crippen LogP contribution in [0.5, 0.6) is 5.75 Å². The molecule has 2 unspecified atom stereocenters. The van der Waals surface area contributed by atoms with E-state index < -0.39 is 17.7 Å². The fourth-order valence-electron chi connectivity index (χ4n) is 1.96. The lowest BCUT2D eigenvalue weighted by molar-refractivity contribution is -0.120. The van der Waals surface area contributed by atoms with Gasteiger partial charge >= 0.3 is 0 Å². The highest BCUT2D eigenvalue weighted by molar-refractivity contribution is 6.02. The van der Waals surface area contributed by atoms with Crippen LogP contribution in [0.1, 0.15) is 23.1 Å². The smallest absolute Gasteiger partial charge is 0.214 e. The summed E-state index contributed by atoms with van der Waals surface area (Å²) in [6.45, 7) is 0. The van der Waals surface area contributed by atoms with Gasteiger partial charge in [-0.05, 0) is 23.3 Å². The van der Waals surface area contributed by atoms with Crippen molar-refractivity contribution in [1.82, 2.24) is 0 Å². The normalized spacial score (nSPS) is 13.4. The summed E-state index contributed by atoms with van der Waals surface area (Å²) in [6, 6.07) is 13.8. The third-order valence-corrected chi connectivity index (χ3v) is 3.09. The van der Waals surface area contributed by atoms with E-state index in [0.717, 1.165) is 0 Å². The first-order chi connectivity index (χ1) is 9.63. The lowest BCUT2D eigenvalue weighted by atomic mass is 9.89. The number of phenols is 1. The minimum Gasteiger partial charge on any atom is -0.508 e. The molecule has 0 aliphatic rings. The molecule has 4 nitrogen and oxygen atoms in total. The summed E-state index contributed by atoms with van der Waals surface area (Å²) in [4.78, 5) is 23.4. The molecule has 0 saturated heterocycles. The lowest BCUT2D eigenvalue weighted by Crippen LogP contribution is -2.27. The van der Waals surface area contributed by atoms with Crippen molar-refractivity contribution in [3.63, 3.8) is 0 Å². The van der Waals surface area contributed by atoms with Crippen LogP contribution in [0.2, 0.25) is 0 Å². The van der Waals surface area contributed by atoms with Crippen molar-refractivity contribution in [1.29, 1.82) is 0 Å². The summed E-state index contributed by atoms with van der Waals surface area (Å²) < 4.78 is 0. The van der Waals surface area contributed by atoms with Gasteiger partial charge in [0.1, 0.15) is 11.7 Å². The SMILES string of the molecule is NC(C(=O)C([C]=O)c1ccc(O)cc1)c1ccccc1. The molecule has 101 valence electrons. The van der Waals surface area contributed by atoms with E-state index in [1.165, 1.54) is 24.3 Å². The highest BCUT2D eigenvalue weighted by atomic mass is 16.3. The molecule has 4 heteroatoms. The van der Waals surface area contributed by atoms with Crippen LogP contribution >= 0.6 is 0 Å². The second-order valence-electron chi connectivity index (χ2n) is 4.43. The number of hydrogen-bond acceptors (Lipinski definition) is 4. The van der Waals surface area contributed by atoms with Gasteiger partial charge in [-0.3, -0.25) is 9.59 Å². The molecule has 0 heterocycles. The number of nitrogens with two attached hydrogens (primary N) is 1. The zero-order chi connectivity index (χ0) is 14.5. The Labute approximate surface area is 116 Å². The number of carbonyl (C=O) groups is 1. The minimum absolute atomic E-state index is 0.0678. The predicted molar refractivity (Wildman–Crippen MR) is 74.9 cm³/mol. The molecule has 2 atom stereocenters. The van der Waals surface area contributed by atoms with Gasteiger partial charge in [0.05, 0.1) is 6.04 Å². The summed E-state index contributed by atoms with van der Waals surface area (Å²) in [5, 5.41) is 9.23. The van der Waals surface area contributed by atoms with Crippen LogP contribution in [-0.2, 0) is 9.59 Å². The summed E-state index contributed by atoms with van der Waals surface area (Å²) >= 11 is 0. The van der Waals surface area contributed by atoms with Gasteiger partial charge < -0.3 is 10.8 Å². The number of hydrogen-bond donors (Lipinski definition) is 2. The number of benzene rings is 2. The summed E-state index contributed by atoms with van der Waals surface area (Å²) in [6.07, 6.45) is 1.73. The molecule has 0 aliphatic carbocycles. The van der Waals surface area contributed by atoms with Gasteiger partial charge in [-0.1, -0.05) is 42.5 Å². The van der Waals surface area contributed by atoms with Gasteiger partial charge in [0, 0.05) is 0 Å². The Kier molecular flexibility index (Phi) is 4.27. The van der Waals surface area contributed by atoms with Crippen LogP contribution in [0.25, 0.3) is 0 Å². The molecule has 0 amide bonds. The van der Waals surface area contributed by atoms with E-state index in [4.69, 9.17) is 5.73 Å². The van der Waals surface area contributed by atoms with E-state index >= 15 is 0 Å². The molecule has 0 saturated carbocycles. The number of aromatic hydroxyl groups is 1. The quantitative estimate of drug-likeness (QED) is 0.811. The van der Waals surface area contributed by atoms with Gasteiger partial charge in [-0.25, -0.2) is 0 Å². The van der Waals surface area contributed by atoms with Gasteiger partial charge in [-0.2, -0.15) is 0 Å². The second-order valence-corrected chi connectivity index (χ2v) is 4.43. The minimum atomic E-state index is -1.05. The molecule has 3 N–H and O–H groups in total. The Morgan fingerprint density at radius 3 is 2.15 bits per heavy atom. The Morgan fingerprint density at radius 1 is 1.00 bits per heavy atom. The lowest BCUT2D eigenvalue weighted by Gasteiger charge is -2.15. The van der Waals surface area contributed by atoms with E-state index in [0.29, 0.717) is 11.1 Å². The van der Waals surface area contributed by atoms with Crippen molar-refractivity contribution in [2.45, 2.75) is 12.0 Å². The molecule has 0 bridgehead atoms. The van der Waals surface area contributed by atoms with Gasteiger partial charge in [0.15, 0.2) is 5.78 Å². The van der Waals surface area contributed by atoms with Crippen molar-refractivity contribution in [3.8, 4) is 5.75 Å². The van der Waals surface area contributed by atoms with E-state index in [-0.39, 0.29) is 5.75 Å². The highest BCUT2D eigenvalue weighted by Crippen LogP contribution is 2.23. The fourth-order valence-corrected chi connectivity index (χ4v) is 1.96. The number of carbonyl (C=O) groups excluding carboxylic acids is 2. The predicted octanol–water partition coefficient (Wildman–Crippen LogP) is 1.85. The van der Waals surface area contributed by atoms with E-state index in [9.17, 15) is 14.7 Å². The average Bonchev–Trinajstić information content (AvgIpc) is 2.50. The van der Waals surface area contributed by atoms with E-state index in [1.54, 1.807) is 30.6 Å². The van der Waals surface area contributed by atoms with Crippen molar-refractivity contribution >= 4 is 12.1 Å². The summed E-state index contributed by atoms with van der Waals surface area (Å²) in [5.41, 5.74) is 7.02. The fraction of sp³-hybridized carbons (Fsp3) is 0.125. The highest BCUT2D eigenvalue weighted by Gasteiger charge is 2.27. The standard InChI is InChI=1S/C16H14NO3/c17-15(12-4-2-1-3-5-12)16(20)14(10-18)11-6-8-13(19)9-7-11/h1-9,14-15,19H,17H2. The molecule has 0 aliphatic heterocycles. The second kappa shape index (κ2) is 6.12. The van der Waals surface area contributed by atoms with Crippen LogP contribution in [0.15, 0.2) is 54.6 Å². The van der Waals surface area contributed by atoms with Crippen LogP contribution in [0.3, 0.4) is 0 Å². The molecule has 20 heavy (non-hydrogen) atoms. The van der Waals surface area contributed by atoms with Crippen LogP contribution in [0, 0.1) is 0 Å². The third-order valence-electron chi connectivity index (χ3n) is 3.09. The molecule has 0 spiro atoms. The summed E-state index contributed by atoms with van der Waals surface area (Å²) in [7, 11) is 0. The van der Waals surface area contributed by atoms with Crippen LogP contribution in [-0.4, -0.2) is 17.2 Å². The Hall–Kier alpha value is -2.46. The molecular weight excluding hydrogens is 254 g/mol. The first kappa shape index (κ1) is 14.0. The van der Waals surface area contributed by atoms with Gasteiger partial charge in [0.25, 0.3) is 0 Å². The zero-order valence-electron chi connectivity index (χ0n) is 10.7. The van der Waals surface area contributed by atoms with Crippen molar-refractivity contribution in [2.75, 3.05) is 0 Å². The molecule has 1 radical (unpaired) electrons. The number of rotatable bonds is 5. The topological polar surface area (TPSA) is 80.4 Å². The van der Waals surface area contributed by atoms with Gasteiger partial charge in [0.2, 0.25) is 6.29 Å². The molecule has 2 aromatic carbocycles. The summed E-state index contributed by atoms with van der Waals surface area (Å²) in [5.74, 6) is -1.40. The maximum atomic E-state index is 12.3. The van der Waals surface area contributed by atoms with Crippen LogP contribution in [0.4, 0.5) is 0 Å². The average molecular weight is 268 g/mol. The zero-order valence-corrected chi connectivity index (χ0v) is 10.7. The number of phenolic OH excluding ortho intramolecular Hbond substituents is 1. The molecule has 2 rings (SSSR count). The molecule has 0 fully saturated rings. The van der Waals surface area contributed by atoms with E-state index in [2.05, 4.69) is 0 Å². The molecule has 0 aromatic heterocycles. The number of ketones is 1. The van der Waals surface area contributed by atoms with Crippen molar-refractivity contribution in [2.24, 2.45) is 5.73 Å². The monoisotopic (exact) mass is 268 g/mol. The van der Waals surface area contributed by atoms with E-state index in [1.807, 2.05) is 6.07 Å². The Morgan fingerprint density at radius 2 is 1.60 bits per heavy atom. The van der Waals surface area contributed by atoms with Gasteiger partial charge in [-0.15, -0.1) is 0 Å². The Bertz CT molecular complexity index is 593. The van der Waals surface area contributed by atoms with Crippen LogP contribution < -0.4 is 5.73 Å². The maximum Gasteiger partial charge on any atom is 0.214 e. The molecular formula is C16H14NO3. The first-order valence-corrected chi connectivity index (χ1v) is 6.14. The third kappa shape index (κ3) is 2.92. The number of Topliss-reactive ketones (excluding diaryl/α,β-unsaturated/α-hetero) is 1. The molecule has 2 aromatic rings. The largest absolute Gasteiger partial charge is 0.508 e. The Balaban J connectivity index is 2.25. The van der Waals surface area contributed by atoms with Crippen molar-refractivity contribution in [3.05, 3.63) is 65.7 Å². The first-order valence-electron chi connectivity index (χ1n) is 6.14. The maximum absolute atomic E-state index is 12.3. The van der Waals surface area contributed by atoms with Crippen molar-refractivity contribution < 1.29 is 14.7 Å².